The smallest absolute Gasteiger partial charge is 0.156 e. The Morgan fingerprint density at radius 1 is 1.33 bits per heavy atom. The molecule has 112 valence electrons. The summed E-state index contributed by atoms with van der Waals surface area (Å²) >= 11 is 12.5. The molecule has 0 aliphatic carbocycles. The predicted octanol–water partition coefficient (Wildman–Crippen LogP) is 3.77. The number of benzene rings is 1. The van der Waals surface area contributed by atoms with E-state index in [1.54, 1.807) is 7.11 Å². The molecular weight excluding hydrogens is 309 g/mol. The lowest BCUT2D eigenvalue weighted by Gasteiger charge is -2.25. The molecule has 0 amide bonds. The highest BCUT2D eigenvalue weighted by Gasteiger charge is 2.22. The number of aromatic nitrogens is 2. The molecule has 21 heavy (non-hydrogen) atoms. The van der Waals surface area contributed by atoms with E-state index in [1.165, 1.54) is 11.3 Å². The maximum absolute atomic E-state index is 6.23. The lowest BCUT2D eigenvalue weighted by atomic mass is 10.0. The summed E-state index contributed by atoms with van der Waals surface area (Å²) in [6.45, 7) is 5.17. The van der Waals surface area contributed by atoms with Gasteiger partial charge in [-0.15, -0.1) is 0 Å². The standard InChI is InChI=1S/C15H17Cl2N3O/c1-3-20-5-4-13-10(8-20)14(19-18-13)9-6-11(16)15(21-2)12(17)7-9/h6-7H,3-5,8H2,1-2H3,(H,18,19). The van der Waals surface area contributed by atoms with E-state index < -0.39 is 0 Å². The third-order valence-corrected chi connectivity index (χ3v) is 4.50. The van der Waals surface area contributed by atoms with E-state index in [-0.39, 0.29) is 0 Å². The maximum atomic E-state index is 6.23. The first kappa shape index (κ1) is 14.7. The van der Waals surface area contributed by atoms with E-state index >= 15 is 0 Å². The van der Waals surface area contributed by atoms with Gasteiger partial charge in [-0.2, -0.15) is 5.10 Å². The molecule has 2 aromatic rings. The minimum Gasteiger partial charge on any atom is -0.494 e. The van der Waals surface area contributed by atoms with Crippen molar-refractivity contribution < 1.29 is 4.74 Å². The van der Waals surface area contributed by atoms with Gasteiger partial charge in [-0.3, -0.25) is 10.00 Å². The highest BCUT2D eigenvalue weighted by molar-refractivity contribution is 6.37. The number of rotatable bonds is 3. The first-order valence-corrected chi connectivity index (χ1v) is 7.71. The monoisotopic (exact) mass is 325 g/mol. The summed E-state index contributed by atoms with van der Waals surface area (Å²) < 4.78 is 5.19. The maximum Gasteiger partial charge on any atom is 0.156 e. The van der Waals surface area contributed by atoms with Crippen molar-refractivity contribution in [3.05, 3.63) is 33.4 Å². The van der Waals surface area contributed by atoms with Crippen LogP contribution in [0.25, 0.3) is 11.3 Å². The highest BCUT2D eigenvalue weighted by atomic mass is 35.5. The fourth-order valence-electron chi connectivity index (χ4n) is 2.75. The lowest BCUT2D eigenvalue weighted by Crippen LogP contribution is -2.30. The third kappa shape index (κ3) is 2.63. The Morgan fingerprint density at radius 3 is 2.67 bits per heavy atom. The van der Waals surface area contributed by atoms with Crippen LogP contribution in [-0.4, -0.2) is 35.3 Å². The van der Waals surface area contributed by atoms with E-state index in [2.05, 4.69) is 22.0 Å². The molecule has 1 aliphatic heterocycles. The van der Waals surface area contributed by atoms with E-state index in [0.29, 0.717) is 15.8 Å². The molecule has 0 atom stereocenters. The summed E-state index contributed by atoms with van der Waals surface area (Å²) in [7, 11) is 1.56. The Labute approximate surface area is 134 Å². The van der Waals surface area contributed by atoms with Crippen LogP contribution in [0.5, 0.6) is 5.75 Å². The number of hydrogen-bond donors (Lipinski definition) is 1. The molecule has 0 unspecified atom stereocenters. The SMILES string of the molecule is CCN1CCc2[nH]nc(-c3cc(Cl)c(OC)c(Cl)c3)c2C1. The van der Waals surface area contributed by atoms with Crippen LogP contribution in [0.4, 0.5) is 0 Å². The molecule has 0 spiro atoms. The van der Waals surface area contributed by atoms with E-state index in [9.17, 15) is 0 Å². The number of ether oxygens (including phenoxy) is 1. The van der Waals surface area contributed by atoms with E-state index in [4.69, 9.17) is 27.9 Å². The average Bonchev–Trinajstić information content (AvgIpc) is 2.89. The first-order chi connectivity index (χ1) is 10.1. The zero-order valence-corrected chi connectivity index (χ0v) is 13.6. The number of nitrogens with one attached hydrogen (secondary N) is 1. The van der Waals surface area contributed by atoms with Crippen molar-refractivity contribution in [3.63, 3.8) is 0 Å². The summed E-state index contributed by atoms with van der Waals surface area (Å²) in [5, 5.41) is 8.61. The molecule has 2 heterocycles. The molecule has 0 fully saturated rings. The summed E-state index contributed by atoms with van der Waals surface area (Å²) in [5.41, 5.74) is 4.29. The summed E-state index contributed by atoms with van der Waals surface area (Å²) in [6.07, 6.45) is 0.994. The van der Waals surface area contributed by atoms with Gasteiger partial charge in [-0.1, -0.05) is 30.1 Å². The van der Waals surface area contributed by atoms with Crippen LogP contribution < -0.4 is 4.74 Å². The van der Waals surface area contributed by atoms with Gasteiger partial charge in [0.25, 0.3) is 0 Å². The number of fused-ring (bicyclic) bond motifs is 1. The van der Waals surface area contributed by atoms with Crippen molar-refractivity contribution in [2.24, 2.45) is 0 Å². The first-order valence-electron chi connectivity index (χ1n) is 6.96. The molecule has 3 rings (SSSR count). The lowest BCUT2D eigenvalue weighted by molar-refractivity contribution is 0.267. The van der Waals surface area contributed by atoms with Gasteiger partial charge in [0.15, 0.2) is 5.75 Å². The van der Waals surface area contributed by atoms with Crippen LogP contribution in [0, 0.1) is 0 Å². The van der Waals surface area contributed by atoms with Crippen molar-refractivity contribution >= 4 is 23.2 Å². The second-order valence-corrected chi connectivity index (χ2v) is 5.94. The average molecular weight is 326 g/mol. The molecule has 1 N–H and O–H groups in total. The van der Waals surface area contributed by atoms with E-state index in [1.807, 2.05) is 12.1 Å². The molecule has 0 bridgehead atoms. The molecule has 6 heteroatoms. The summed E-state index contributed by atoms with van der Waals surface area (Å²) in [5.74, 6) is 0.502. The fraction of sp³-hybridized carbons (Fsp3) is 0.400. The second kappa shape index (κ2) is 5.87. The number of aromatic amines is 1. The Bertz CT molecular complexity index is 646. The summed E-state index contributed by atoms with van der Waals surface area (Å²) in [6, 6.07) is 3.71. The zero-order chi connectivity index (χ0) is 15.0. The van der Waals surface area contributed by atoms with Gasteiger partial charge < -0.3 is 4.74 Å². The van der Waals surface area contributed by atoms with Crippen molar-refractivity contribution in [1.82, 2.24) is 15.1 Å². The van der Waals surface area contributed by atoms with Crippen LogP contribution in [0.15, 0.2) is 12.1 Å². The largest absolute Gasteiger partial charge is 0.494 e. The number of hydrogen-bond acceptors (Lipinski definition) is 3. The van der Waals surface area contributed by atoms with Crippen molar-refractivity contribution in [2.75, 3.05) is 20.2 Å². The van der Waals surface area contributed by atoms with Crippen LogP contribution in [0.1, 0.15) is 18.2 Å². The van der Waals surface area contributed by atoms with Gasteiger partial charge in [-0.25, -0.2) is 0 Å². The molecule has 0 saturated heterocycles. The molecule has 1 aliphatic rings. The minimum atomic E-state index is 0.500. The van der Waals surface area contributed by atoms with Gasteiger partial charge in [0.05, 0.1) is 22.8 Å². The van der Waals surface area contributed by atoms with Gasteiger partial charge in [0.1, 0.15) is 0 Å². The highest BCUT2D eigenvalue weighted by Crippen LogP contribution is 2.38. The molecule has 1 aromatic heterocycles. The van der Waals surface area contributed by atoms with E-state index in [0.717, 1.165) is 37.3 Å². The van der Waals surface area contributed by atoms with Crippen molar-refractivity contribution in [1.29, 1.82) is 0 Å². The molecular formula is C15H17Cl2N3O. The van der Waals surface area contributed by atoms with Crippen molar-refractivity contribution in [2.45, 2.75) is 19.9 Å². The summed E-state index contributed by atoms with van der Waals surface area (Å²) in [4.78, 5) is 2.40. The normalized spacial score (nSPS) is 15.0. The second-order valence-electron chi connectivity index (χ2n) is 5.12. The molecule has 0 radical (unpaired) electrons. The van der Waals surface area contributed by atoms with Crippen LogP contribution in [-0.2, 0) is 13.0 Å². The van der Waals surface area contributed by atoms with Crippen molar-refractivity contribution in [3.8, 4) is 17.0 Å². The molecule has 1 aromatic carbocycles. The number of likely N-dealkylation sites (N-methyl/N-ethyl adjacent to an activating group) is 1. The Morgan fingerprint density at radius 2 is 2.05 bits per heavy atom. The van der Waals surface area contributed by atoms with Gasteiger partial charge in [-0.05, 0) is 18.7 Å². The fourth-order valence-corrected chi connectivity index (χ4v) is 3.39. The van der Waals surface area contributed by atoms with Gasteiger partial charge in [0.2, 0.25) is 0 Å². The number of methoxy groups -OCH3 is 1. The third-order valence-electron chi connectivity index (χ3n) is 3.94. The Hall–Kier alpha value is -1.23. The van der Waals surface area contributed by atoms with Gasteiger partial charge in [0, 0.05) is 36.3 Å². The zero-order valence-electron chi connectivity index (χ0n) is 12.0. The Balaban J connectivity index is 2.04. The molecule has 4 nitrogen and oxygen atoms in total. The topological polar surface area (TPSA) is 41.2 Å². The van der Waals surface area contributed by atoms with Gasteiger partial charge >= 0.3 is 0 Å². The number of halogens is 2. The predicted molar refractivity (Wildman–Crippen MR) is 85.3 cm³/mol. The minimum absolute atomic E-state index is 0.500. The van der Waals surface area contributed by atoms with Crippen LogP contribution in [0.2, 0.25) is 10.0 Å². The number of nitrogens with zero attached hydrogens (tertiary/aromatic N) is 2. The number of H-pyrrole nitrogens is 1. The Kier molecular flexibility index (Phi) is 4.11. The van der Waals surface area contributed by atoms with Crippen LogP contribution in [0.3, 0.4) is 0 Å². The molecule has 0 saturated carbocycles. The van der Waals surface area contributed by atoms with Crippen LogP contribution >= 0.6 is 23.2 Å². The quantitative estimate of drug-likeness (QED) is 0.933.